The third kappa shape index (κ3) is 6.19. The molecule has 0 aliphatic rings. The number of hydrogen-bond acceptors (Lipinski definition) is 6. The van der Waals surface area contributed by atoms with Gasteiger partial charge in [-0.15, -0.1) is 0 Å². The van der Waals surface area contributed by atoms with Gasteiger partial charge in [-0.3, -0.25) is 4.98 Å². The Balaban J connectivity index is 1.78. The highest BCUT2D eigenvalue weighted by Crippen LogP contribution is 2.34. The first kappa shape index (κ1) is 28.0. The molecule has 4 rings (SSSR count). The minimum absolute atomic E-state index is 0.00262. The summed E-state index contributed by atoms with van der Waals surface area (Å²) in [5, 5.41) is 12.8. The second-order valence-corrected chi connectivity index (χ2v) is 9.97. The molecule has 0 spiro atoms. The quantitative estimate of drug-likeness (QED) is 0.279. The molecule has 2 N–H and O–H groups in total. The molecule has 0 radical (unpaired) electrons. The predicted octanol–water partition coefficient (Wildman–Crippen LogP) is 3.89. The topological polar surface area (TPSA) is 109 Å². The molecule has 0 aliphatic heterocycles. The molecule has 0 fully saturated rings. The first-order chi connectivity index (χ1) is 18.2. The Bertz CT molecular complexity index is 1690. The lowest BCUT2D eigenvalue weighted by atomic mass is 10.1. The number of aliphatic hydroxyl groups is 1. The van der Waals surface area contributed by atoms with E-state index < -0.39 is 46.3 Å². The van der Waals surface area contributed by atoms with Gasteiger partial charge < -0.3 is 5.11 Å². The Labute approximate surface area is 217 Å². The molecule has 39 heavy (non-hydrogen) atoms. The average Bonchev–Trinajstić information content (AvgIpc) is 3.28. The number of nitrogens with zero attached hydrogens (tertiary/aromatic N) is 4. The molecule has 4 aromatic rings. The first-order valence-corrected chi connectivity index (χ1v) is 12.4. The van der Waals surface area contributed by atoms with Crippen molar-refractivity contribution in [2.75, 3.05) is 6.61 Å². The van der Waals surface area contributed by atoms with E-state index in [4.69, 9.17) is 5.11 Å². The van der Waals surface area contributed by atoms with Crippen molar-refractivity contribution in [3.05, 3.63) is 77.4 Å². The van der Waals surface area contributed by atoms with Crippen LogP contribution in [0.15, 0.2) is 59.9 Å². The van der Waals surface area contributed by atoms with Gasteiger partial charge in [-0.2, -0.15) is 31.4 Å². The van der Waals surface area contributed by atoms with Crippen LogP contribution in [0.3, 0.4) is 0 Å². The summed E-state index contributed by atoms with van der Waals surface area (Å²) in [4.78, 5) is 7.72. The fourth-order valence-corrected chi connectivity index (χ4v) is 4.60. The zero-order valence-corrected chi connectivity index (χ0v) is 20.5. The highest BCUT2D eigenvalue weighted by molar-refractivity contribution is 7.89. The lowest BCUT2D eigenvalue weighted by Gasteiger charge is -2.12. The zero-order valence-electron chi connectivity index (χ0n) is 19.7. The number of aromatic nitrogens is 4. The molecule has 3 heterocycles. The van der Waals surface area contributed by atoms with E-state index in [1.54, 1.807) is 0 Å². The summed E-state index contributed by atoms with van der Waals surface area (Å²) in [6.07, 6.45) is -6.20. The van der Waals surface area contributed by atoms with Crippen LogP contribution in [0.5, 0.6) is 0 Å². The predicted molar refractivity (Wildman–Crippen MR) is 126 cm³/mol. The van der Waals surface area contributed by atoms with Gasteiger partial charge in [-0.05, 0) is 31.2 Å². The monoisotopic (exact) mass is 569 g/mol. The minimum Gasteiger partial charge on any atom is -0.395 e. The SMILES string of the molecule is CC(CO)NS(=O)(=O)c1cncc(C#Cc2cnn3c(C(F)(F)F)cc(-c4ccc(C(F)(F)F)cc4)nc23)c1. The van der Waals surface area contributed by atoms with Crippen LogP contribution in [-0.4, -0.2) is 45.8 Å². The van der Waals surface area contributed by atoms with Crippen LogP contribution in [-0.2, 0) is 22.4 Å². The van der Waals surface area contributed by atoms with E-state index in [2.05, 4.69) is 31.6 Å². The third-order valence-corrected chi connectivity index (χ3v) is 6.82. The summed E-state index contributed by atoms with van der Waals surface area (Å²) < 4.78 is 108. The number of pyridine rings is 1. The van der Waals surface area contributed by atoms with E-state index in [1.807, 2.05) is 0 Å². The van der Waals surface area contributed by atoms with Crippen molar-refractivity contribution in [2.45, 2.75) is 30.2 Å². The normalized spacial score (nSPS) is 13.2. The molecular weight excluding hydrogens is 552 g/mol. The molecular formula is C24H17F6N5O3S. The Morgan fingerprint density at radius 2 is 1.69 bits per heavy atom. The smallest absolute Gasteiger partial charge is 0.395 e. The second kappa shape index (κ2) is 10.3. The van der Waals surface area contributed by atoms with Gasteiger partial charge in [-0.25, -0.2) is 22.6 Å². The number of halogens is 6. The Hall–Kier alpha value is -4.00. The molecule has 1 unspecified atom stereocenters. The van der Waals surface area contributed by atoms with Gasteiger partial charge in [-0.1, -0.05) is 24.0 Å². The van der Waals surface area contributed by atoms with Crippen LogP contribution in [0.2, 0.25) is 0 Å². The maximum Gasteiger partial charge on any atom is 0.433 e. The van der Waals surface area contributed by atoms with E-state index in [0.717, 1.165) is 36.7 Å². The molecule has 1 atom stereocenters. The number of sulfonamides is 1. The number of fused-ring (bicyclic) bond motifs is 1. The molecule has 0 saturated heterocycles. The molecule has 0 amide bonds. The number of benzene rings is 1. The molecule has 0 bridgehead atoms. The van der Waals surface area contributed by atoms with Crippen LogP contribution < -0.4 is 4.72 Å². The summed E-state index contributed by atoms with van der Waals surface area (Å²) in [7, 11) is -4.04. The fourth-order valence-electron chi connectivity index (χ4n) is 3.37. The number of nitrogens with one attached hydrogen (secondary N) is 1. The van der Waals surface area contributed by atoms with Crippen LogP contribution >= 0.6 is 0 Å². The molecule has 15 heteroatoms. The van der Waals surface area contributed by atoms with Crippen molar-refractivity contribution < 1.29 is 39.9 Å². The molecule has 0 aliphatic carbocycles. The molecule has 0 saturated carbocycles. The van der Waals surface area contributed by atoms with E-state index in [1.165, 1.54) is 19.2 Å². The Morgan fingerprint density at radius 1 is 1.00 bits per heavy atom. The van der Waals surface area contributed by atoms with E-state index in [9.17, 15) is 34.8 Å². The van der Waals surface area contributed by atoms with Crippen molar-refractivity contribution in [1.82, 2.24) is 24.3 Å². The van der Waals surface area contributed by atoms with Gasteiger partial charge in [0, 0.05) is 29.6 Å². The molecule has 8 nitrogen and oxygen atoms in total. The van der Waals surface area contributed by atoms with Gasteiger partial charge in [0.1, 0.15) is 4.90 Å². The highest BCUT2D eigenvalue weighted by Gasteiger charge is 2.36. The minimum atomic E-state index is -4.89. The fraction of sp³-hybridized carbons (Fsp3) is 0.208. The van der Waals surface area contributed by atoms with E-state index >= 15 is 0 Å². The van der Waals surface area contributed by atoms with Crippen LogP contribution in [0.25, 0.3) is 16.9 Å². The summed E-state index contributed by atoms with van der Waals surface area (Å²) in [5.41, 5.74) is -2.73. The van der Waals surface area contributed by atoms with Crippen LogP contribution in [0.1, 0.15) is 29.3 Å². The van der Waals surface area contributed by atoms with Crippen molar-refractivity contribution in [2.24, 2.45) is 0 Å². The maximum absolute atomic E-state index is 13.8. The largest absolute Gasteiger partial charge is 0.433 e. The van der Waals surface area contributed by atoms with Crippen molar-refractivity contribution in [3.63, 3.8) is 0 Å². The lowest BCUT2D eigenvalue weighted by Crippen LogP contribution is -2.35. The Kier molecular flexibility index (Phi) is 7.39. The number of hydrogen-bond donors (Lipinski definition) is 2. The summed E-state index contributed by atoms with van der Waals surface area (Å²) in [6.45, 7) is 1.00. The highest BCUT2D eigenvalue weighted by atomic mass is 32.2. The van der Waals surface area contributed by atoms with Crippen LogP contribution in [0, 0.1) is 11.8 Å². The lowest BCUT2D eigenvalue weighted by molar-refractivity contribution is -0.142. The first-order valence-electron chi connectivity index (χ1n) is 10.9. The van der Waals surface area contributed by atoms with Crippen molar-refractivity contribution in [3.8, 4) is 23.1 Å². The number of rotatable bonds is 5. The van der Waals surface area contributed by atoms with Gasteiger partial charge in [0.05, 0.1) is 29.6 Å². The third-order valence-electron chi connectivity index (χ3n) is 5.27. The summed E-state index contributed by atoms with van der Waals surface area (Å²) in [6, 6.07) is 4.56. The second-order valence-electron chi connectivity index (χ2n) is 8.26. The average molecular weight is 569 g/mol. The zero-order chi connectivity index (χ0) is 28.6. The Morgan fingerprint density at radius 3 is 2.31 bits per heavy atom. The van der Waals surface area contributed by atoms with Crippen LogP contribution in [0.4, 0.5) is 26.3 Å². The standard InChI is InChI=1S/C24H17F6N5O3S/c1-14(13-36)34-39(37,38)19-8-15(10-31-12-19)2-3-17-11-32-35-21(24(28,29)30)9-20(33-22(17)35)16-4-6-18(7-5-16)23(25,26)27/h4-12,14,34,36H,13H2,1H3. The van der Waals surface area contributed by atoms with E-state index in [0.29, 0.717) is 10.6 Å². The van der Waals surface area contributed by atoms with Gasteiger partial charge in [0.15, 0.2) is 11.3 Å². The number of alkyl halides is 6. The summed E-state index contributed by atoms with van der Waals surface area (Å²) >= 11 is 0. The van der Waals surface area contributed by atoms with Crippen molar-refractivity contribution in [1.29, 1.82) is 0 Å². The number of aliphatic hydroxyl groups excluding tert-OH is 1. The van der Waals surface area contributed by atoms with Gasteiger partial charge >= 0.3 is 12.4 Å². The maximum atomic E-state index is 13.8. The van der Waals surface area contributed by atoms with Gasteiger partial charge in [0.25, 0.3) is 0 Å². The molecule has 204 valence electrons. The van der Waals surface area contributed by atoms with Crippen molar-refractivity contribution >= 4 is 15.7 Å². The van der Waals surface area contributed by atoms with E-state index in [-0.39, 0.29) is 32.9 Å². The summed E-state index contributed by atoms with van der Waals surface area (Å²) in [5.74, 6) is 5.20. The van der Waals surface area contributed by atoms with Gasteiger partial charge in [0.2, 0.25) is 10.0 Å². The molecule has 3 aromatic heterocycles. The molecule has 1 aromatic carbocycles.